The van der Waals surface area contributed by atoms with Crippen molar-refractivity contribution in [3.8, 4) is 0 Å². The first kappa shape index (κ1) is 9.20. The molecule has 1 aromatic rings. The predicted octanol–water partition coefficient (Wildman–Crippen LogP) is 2.52. The average molecular weight is 179 g/mol. The summed E-state index contributed by atoms with van der Waals surface area (Å²) in [4.78, 5) is 0. The lowest BCUT2D eigenvalue weighted by molar-refractivity contribution is 1.46. The fraction of sp³-hybridized carbons (Fsp3) is 0.200. The Kier molecular flexibility index (Phi) is 3.23. The van der Waals surface area contributed by atoms with Crippen LogP contribution >= 0.6 is 12.6 Å². The first-order chi connectivity index (χ1) is 5.74. The SMILES string of the molecule is Cc1ccc(C=CCS)cc1N. The summed E-state index contributed by atoms with van der Waals surface area (Å²) in [6.07, 6.45) is 4.01. The number of anilines is 1. The van der Waals surface area contributed by atoms with Crippen LogP contribution in [0, 0.1) is 6.92 Å². The minimum absolute atomic E-state index is 0.758. The Bertz CT molecular complexity index is 292. The highest BCUT2D eigenvalue weighted by atomic mass is 32.1. The first-order valence-corrected chi connectivity index (χ1v) is 4.51. The van der Waals surface area contributed by atoms with Gasteiger partial charge < -0.3 is 5.73 Å². The second kappa shape index (κ2) is 4.21. The van der Waals surface area contributed by atoms with E-state index in [-0.39, 0.29) is 0 Å². The van der Waals surface area contributed by atoms with Gasteiger partial charge in [-0.3, -0.25) is 0 Å². The van der Waals surface area contributed by atoms with Crippen molar-refractivity contribution in [2.75, 3.05) is 11.5 Å². The molecule has 0 atom stereocenters. The molecule has 0 aliphatic carbocycles. The second-order valence-corrected chi connectivity index (χ2v) is 3.07. The molecule has 0 aliphatic heterocycles. The number of rotatable bonds is 2. The molecule has 0 bridgehead atoms. The number of nitrogen functional groups attached to an aromatic ring is 1. The standard InChI is InChI=1S/C10H13NS/c1-8-4-5-9(3-2-6-12)7-10(8)11/h2-5,7,12H,6,11H2,1H3. The topological polar surface area (TPSA) is 26.0 Å². The Balaban J connectivity index is 2.89. The highest BCUT2D eigenvalue weighted by Gasteiger charge is 1.92. The monoisotopic (exact) mass is 179 g/mol. The van der Waals surface area contributed by atoms with Gasteiger partial charge in [-0.2, -0.15) is 12.6 Å². The lowest BCUT2D eigenvalue weighted by atomic mass is 10.1. The fourth-order valence-electron chi connectivity index (χ4n) is 0.951. The number of thiol groups is 1. The van der Waals surface area contributed by atoms with E-state index in [1.165, 1.54) is 0 Å². The number of hydrogen-bond donors (Lipinski definition) is 2. The summed E-state index contributed by atoms with van der Waals surface area (Å²) in [6, 6.07) is 6.04. The Labute approximate surface area is 78.7 Å². The summed E-state index contributed by atoms with van der Waals surface area (Å²) in [6.45, 7) is 2.00. The van der Waals surface area contributed by atoms with E-state index in [2.05, 4.69) is 12.6 Å². The van der Waals surface area contributed by atoms with Crippen molar-refractivity contribution in [1.82, 2.24) is 0 Å². The van der Waals surface area contributed by atoms with Crippen molar-refractivity contribution in [1.29, 1.82) is 0 Å². The Morgan fingerprint density at radius 1 is 1.50 bits per heavy atom. The summed E-state index contributed by atoms with van der Waals surface area (Å²) < 4.78 is 0. The van der Waals surface area contributed by atoms with E-state index >= 15 is 0 Å². The zero-order valence-electron chi connectivity index (χ0n) is 7.12. The van der Waals surface area contributed by atoms with E-state index in [1.54, 1.807) is 0 Å². The van der Waals surface area contributed by atoms with Crippen LogP contribution in [0.2, 0.25) is 0 Å². The molecule has 0 saturated carbocycles. The molecule has 0 unspecified atom stereocenters. The highest BCUT2D eigenvalue weighted by Crippen LogP contribution is 2.13. The van der Waals surface area contributed by atoms with Crippen LogP contribution in [0.25, 0.3) is 6.08 Å². The summed E-state index contributed by atoms with van der Waals surface area (Å²) >= 11 is 4.08. The second-order valence-electron chi connectivity index (χ2n) is 2.70. The van der Waals surface area contributed by atoms with Crippen molar-refractivity contribution in [2.24, 2.45) is 0 Å². The largest absolute Gasteiger partial charge is 0.398 e. The van der Waals surface area contributed by atoms with Gasteiger partial charge in [-0.1, -0.05) is 24.3 Å². The van der Waals surface area contributed by atoms with Crippen molar-refractivity contribution < 1.29 is 0 Å². The van der Waals surface area contributed by atoms with Gasteiger partial charge in [0.15, 0.2) is 0 Å². The smallest absolute Gasteiger partial charge is 0.0349 e. The molecule has 0 heterocycles. The molecular formula is C10H13NS. The number of nitrogens with two attached hydrogens (primary N) is 1. The van der Waals surface area contributed by atoms with Gasteiger partial charge in [0, 0.05) is 11.4 Å². The predicted molar refractivity (Wildman–Crippen MR) is 58.5 cm³/mol. The van der Waals surface area contributed by atoms with E-state index in [0.717, 1.165) is 22.6 Å². The molecule has 1 rings (SSSR count). The van der Waals surface area contributed by atoms with Crippen molar-refractivity contribution in [3.63, 3.8) is 0 Å². The van der Waals surface area contributed by atoms with Gasteiger partial charge in [0.05, 0.1) is 0 Å². The summed E-state index contributed by atoms with van der Waals surface area (Å²) in [7, 11) is 0. The lowest BCUT2D eigenvalue weighted by Gasteiger charge is -2.00. The maximum Gasteiger partial charge on any atom is 0.0349 e. The average Bonchev–Trinajstić information content (AvgIpc) is 2.07. The van der Waals surface area contributed by atoms with Gasteiger partial charge in [0.1, 0.15) is 0 Å². The molecule has 0 amide bonds. The van der Waals surface area contributed by atoms with Gasteiger partial charge in [-0.15, -0.1) is 0 Å². The number of benzene rings is 1. The molecule has 1 nitrogen and oxygen atoms in total. The fourth-order valence-corrected chi connectivity index (χ4v) is 1.06. The summed E-state index contributed by atoms with van der Waals surface area (Å²) in [5, 5.41) is 0. The van der Waals surface area contributed by atoms with Crippen LogP contribution in [0.1, 0.15) is 11.1 Å². The molecular weight excluding hydrogens is 166 g/mol. The Morgan fingerprint density at radius 3 is 2.83 bits per heavy atom. The van der Waals surface area contributed by atoms with Gasteiger partial charge in [0.25, 0.3) is 0 Å². The maximum atomic E-state index is 5.74. The normalized spacial score (nSPS) is 10.8. The summed E-state index contributed by atoms with van der Waals surface area (Å²) in [5.74, 6) is 0.758. The Morgan fingerprint density at radius 2 is 2.25 bits per heavy atom. The van der Waals surface area contributed by atoms with Crippen LogP contribution in [-0.4, -0.2) is 5.75 Å². The highest BCUT2D eigenvalue weighted by molar-refractivity contribution is 7.80. The third-order valence-electron chi connectivity index (χ3n) is 1.72. The molecule has 2 heteroatoms. The van der Waals surface area contributed by atoms with Crippen LogP contribution in [0.4, 0.5) is 5.69 Å². The van der Waals surface area contributed by atoms with Crippen LogP contribution < -0.4 is 5.73 Å². The van der Waals surface area contributed by atoms with E-state index < -0.39 is 0 Å². The molecule has 0 aliphatic rings. The zero-order chi connectivity index (χ0) is 8.97. The van der Waals surface area contributed by atoms with Crippen LogP contribution in [0.5, 0.6) is 0 Å². The molecule has 0 fully saturated rings. The number of aryl methyl sites for hydroxylation is 1. The molecule has 0 radical (unpaired) electrons. The van der Waals surface area contributed by atoms with Crippen molar-refractivity contribution >= 4 is 24.4 Å². The molecule has 2 N–H and O–H groups in total. The van der Waals surface area contributed by atoms with Gasteiger partial charge >= 0.3 is 0 Å². The molecule has 0 aromatic heterocycles. The molecule has 0 spiro atoms. The number of hydrogen-bond acceptors (Lipinski definition) is 2. The third kappa shape index (κ3) is 2.31. The van der Waals surface area contributed by atoms with E-state index in [0.29, 0.717) is 0 Å². The third-order valence-corrected chi connectivity index (χ3v) is 1.93. The molecule has 0 saturated heterocycles. The van der Waals surface area contributed by atoms with Crippen LogP contribution in [0.15, 0.2) is 24.3 Å². The quantitative estimate of drug-likeness (QED) is 0.529. The van der Waals surface area contributed by atoms with Crippen molar-refractivity contribution in [3.05, 3.63) is 35.4 Å². The summed E-state index contributed by atoms with van der Waals surface area (Å²) in [5.41, 5.74) is 8.84. The Hall–Kier alpha value is -0.890. The van der Waals surface area contributed by atoms with E-state index in [1.807, 2.05) is 37.3 Å². The molecule has 1 aromatic carbocycles. The minimum Gasteiger partial charge on any atom is -0.398 e. The van der Waals surface area contributed by atoms with Crippen LogP contribution in [0.3, 0.4) is 0 Å². The minimum atomic E-state index is 0.758. The van der Waals surface area contributed by atoms with Crippen LogP contribution in [-0.2, 0) is 0 Å². The zero-order valence-corrected chi connectivity index (χ0v) is 8.01. The molecule has 64 valence electrons. The van der Waals surface area contributed by atoms with Gasteiger partial charge in [-0.05, 0) is 24.1 Å². The van der Waals surface area contributed by atoms with E-state index in [4.69, 9.17) is 5.73 Å². The van der Waals surface area contributed by atoms with E-state index in [9.17, 15) is 0 Å². The maximum absolute atomic E-state index is 5.74. The van der Waals surface area contributed by atoms with Gasteiger partial charge in [-0.25, -0.2) is 0 Å². The first-order valence-electron chi connectivity index (χ1n) is 3.87. The van der Waals surface area contributed by atoms with Crippen molar-refractivity contribution in [2.45, 2.75) is 6.92 Å². The molecule has 12 heavy (non-hydrogen) atoms. The van der Waals surface area contributed by atoms with Gasteiger partial charge in [0.2, 0.25) is 0 Å². The lowest BCUT2D eigenvalue weighted by Crippen LogP contribution is -1.89.